The number of nitrogens with zero attached hydrogens (tertiary/aromatic N) is 1. The molecule has 74 valence electrons. The molecular weight excluding hydrogens is 308 g/mol. The van der Waals surface area contributed by atoms with Crippen molar-refractivity contribution < 1.29 is 0 Å². The van der Waals surface area contributed by atoms with Gasteiger partial charge in [-0.05, 0) is 56.1 Å². The number of halogens is 2. The summed E-state index contributed by atoms with van der Waals surface area (Å²) in [5.41, 5.74) is 0.976. The molecule has 0 saturated heterocycles. The number of rotatable bonds is 3. The van der Waals surface area contributed by atoms with Gasteiger partial charge in [-0.25, -0.2) is 0 Å². The molecule has 0 radical (unpaired) electrons. The lowest BCUT2D eigenvalue weighted by molar-refractivity contribution is 0.658. The van der Waals surface area contributed by atoms with Crippen LogP contribution in [0.5, 0.6) is 0 Å². The molecule has 2 nitrogen and oxygen atoms in total. The van der Waals surface area contributed by atoms with Gasteiger partial charge in [0.1, 0.15) is 6.04 Å². The van der Waals surface area contributed by atoms with Gasteiger partial charge in [0.15, 0.2) is 0 Å². The topological polar surface area (TPSA) is 35.8 Å². The van der Waals surface area contributed by atoms with E-state index in [4.69, 9.17) is 5.26 Å². The van der Waals surface area contributed by atoms with Crippen molar-refractivity contribution in [2.45, 2.75) is 13.0 Å². The molecule has 0 bridgehead atoms. The van der Waals surface area contributed by atoms with Crippen LogP contribution in [-0.2, 0) is 0 Å². The van der Waals surface area contributed by atoms with Gasteiger partial charge in [-0.3, -0.25) is 5.32 Å². The van der Waals surface area contributed by atoms with E-state index in [1.165, 1.54) is 0 Å². The number of nitriles is 1. The van der Waals surface area contributed by atoms with E-state index in [0.29, 0.717) is 0 Å². The summed E-state index contributed by atoms with van der Waals surface area (Å²) in [6.45, 7) is 2.77. The van der Waals surface area contributed by atoms with Crippen LogP contribution < -0.4 is 5.32 Å². The van der Waals surface area contributed by atoms with Gasteiger partial charge in [0, 0.05) is 8.95 Å². The highest BCUT2D eigenvalue weighted by atomic mass is 79.9. The highest BCUT2D eigenvalue weighted by molar-refractivity contribution is 9.13. The smallest absolute Gasteiger partial charge is 0.121 e. The van der Waals surface area contributed by atoms with Crippen LogP contribution in [0.4, 0.5) is 0 Å². The first kappa shape index (κ1) is 11.7. The van der Waals surface area contributed by atoms with Gasteiger partial charge >= 0.3 is 0 Å². The molecule has 0 aromatic heterocycles. The van der Waals surface area contributed by atoms with E-state index in [2.05, 4.69) is 43.2 Å². The SMILES string of the molecule is CCNC(C#N)c1ccc(Br)c(Br)c1. The lowest BCUT2D eigenvalue weighted by Crippen LogP contribution is -2.19. The van der Waals surface area contributed by atoms with E-state index in [9.17, 15) is 0 Å². The summed E-state index contributed by atoms with van der Waals surface area (Å²) >= 11 is 6.80. The van der Waals surface area contributed by atoms with Crippen molar-refractivity contribution in [1.29, 1.82) is 5.26 Å². The minimum atomic E-state index is -0.232. The van der Waals surface area contributed by atoms with E-state index in [0.717, 1.165) is 21.1 Å². The summed E-state index contributed by atoms with van der Waals surface area (Å²) < 4.78 is 1.96. The lowest BCUT2D eigenvalue weighted by Gasteiger charge is -2.10. The van der Waals surface area contributed by atoms with E-state index in [1.54, 1.807) is 0 Å². The van der Waals surface area contributed by atoms with Gasteiger partial charge in [0.05, 0.1) is 6.07 Å². The van der Waals surface area contributed by atoms with Crippen LogP contribution in [0.1, 0.15) is 18.5 Å². The summed E-state index contributed by atoms with van der Waals surface area (Å²) in [5.74, 6) is 0. The minimum absolute atomic E-state index is 0.232. The first-order valence-corrected chi connectivity index (χ1v) is 5.85. The third kappa shape index (κ3) is 2.81. The van der Waals surface area contributed by atoms with E-state index < -0.39 is 0 Å². The molecule has 1 unspecified atom stereocenters. The molecule has 0 amide bonds. The first-order chi connectivity index (χ1) is 6.69. The molecule has 0 aliphatic rings. The second-order valence-electron chi connectivity index (χ2n) is 2.79. The van der Waals surface area contributed by atoms with Crippen molar-refractivity contribution in [2.24, 2.45) is 0 Å². The number of nitrogens with one attached hydrogen (secondary N) is 1. The summed E-state index contributed by atoms with van der Waals surface area (Å²) in [7, 11) is 0. The van der Waals surface area contributed by atoms with Crippen LogP contribution >= 0.6 is 31.9 Å². The Bertz CT molecular complexity index is 358. The van der Waals surface area contributed by atoms with Crippen LogP contribution in [0.15, 0.2) is 27.1 Å². The maximum absolute atomic E-state index is 8.93. The molecule has 1 rings (SSSR count). The van der Waals surface area contributed by atoms with Crippen LogP contribution in [0.25, 0.3) is 0 Å². The van der Waals surface area contributed by atoms with Crippen LogP contribution in [-0.4, -0.2) is 6.54 Å². The maximum atomic E-state index is 8.93. The minimum Gasteiger partial charge on any atom is -0.298 e. The molecule has 0 fully saturated rings. The van der Waals surface area contributed by atoms with Crippen LogP contribution in [0, 0.1) is 11.3 Å². The molecule has 1 atom stereocenters. The van der Waals surface area contributed by atoms with Crippen molar-refractivity contribution in [1.82, 2.24) is 5.32 Å². The quantitative estimate of drug-likeness (QED) is 0.927. The molecule has 0 saturated carbocycles. The standard InChI is InChI=1S/C10H10Br2N2/c1-2-14-10(6-13)7-3-4-8(11)9(12)5-7/h3-5,10,14H,2H2,1H3. The fourth-order valence-corrected chi connectivity index (χ4v) is 1.78. The van der Waals surface area contributed by atoms with Crippen molar-refractivity contribution in [2.75, 3.05) is 6.54 Å². The summed E-state index contributed by atoms with van der Waals surface area (Å²) in [5, 5.41) is 12.0. The van der Waals surface area contributed by atoms with Crippen molar-refractivity contribution >= 4 is 31.9 Å². The van der Waals surface area contributed by atoms with Gasteiger partial charge in [0.2, 0.25) is 0 Å². The van der Waals surface area contributed by atoms with Crippen LogP contribution in [0.3, 0.4) is 0 Å². The Morgan fingerprint density at radius 1 is 1.43 bits per heavy atom. The fraction of sp³-hybridized carbons (Fsp3) is 0.300. The molecule has 14 heavy (non-hydrogen) atoms. The Balaban J connectivity index is 2.95. The monoisotopic (exact) mass is 316 g/mol. The Morgan fingerprint density at radius 3 is 2.64 bits per heavy atom. The molecule has 0 spiro atoms. The predicted molar refractivity (Wildman–Crippen MR) is 63.9 cm³/mol. The second-order valence-corrected chi connectivity index (χ2v) is 4.50. The Kier molecular flexibility index (Phi) is 4.59. The zero-order valence-corrected chi connectivity index (χ0v) is 10.9. The molecule has 1 N–H and O–H groups in total. The predicted octanol–water partition coefficient (Wildman–Crippen LogP) is 3.39. The molecule has 0 aliphatic carbocycles. The highest BCUT2D eigenvalue weighted by Gasteiger charge is 2.09. The largest absolute Gasteiger partial charge is 0.298 e. The average molecular weight is 318 g/mol. The fourth-order valence-electron chi connectivity index (χ4n) is 1.13. The molecule has 0 heterocycles. The number of hydrogen-bond donors (Lipinski definition) is 1. The zero-order chi connectivity index (χ0) is 10.6. The number of benzene rings is 1. The Hall–Kier alpha value is -0.370. The molecule has 1 aromatic rings. The molecule has 1 aromatic carbocycles. The number of hydrogen-bond acceptors (Lipinski definition) is 2. The third-order valence-corrected chi connectivity index (χ3v) is 3.69. The van der Waals surface area contributed by atoms with Crippen LogP contribution in [0.2, 0.25) is 0 Å². The maximum Gasteiger partial charge on any atom is 0.121 e. The third-order valence-electron chi connectivity index (χ3n) is 1.81. The van der Waals surface area contributed by atoms with E-state index in [1.807, 2.05) is 25.1 Å². The lowest BCUT2D eigenvalue weighted by atomic mass is 10.1. The first-order valence-electron chi connectivity index (χ1n) is 4.27. The molecule has 0 aliphatic heterocycles. The van der Waals surface area contributed by atoms with Gasteiger partial charge in [-0.1, -0.05) is 13.0 Å². The average Bonchev–Trinajstić information content (AvgIpc) is 2.19. The van der Waals surface area contributed by atoms with Gasteiger partial charge in [0.25, 0.3) is 0 Å². The van der Waals surface area contributed by atoms with Crippen molar-refractivity contribution in [3.05, 3.63) is 32.7 Å². The molecule has 4 heteroatoms. The van der Waals surface area contributed by atoms with Gasteiger partial charge in [-0.15, -0.1) is 0 Å². The summed E-state index contributed by atoms with van der Waals surface area (Å²) in [4.78, 5) is 0. The summed E-state index contributed by atoms with van der Waals surface area (Å²) in [6, 6.07) is 7.80. The highest BCUT2D eigenvalue weighted by Crippen LogP contribution is 2.26. The van der Waals surface area contributed by atoms with Crippen molar-refractivity contribution in [3.8, 4) is 6.07 Å². The van der Waals surface area contributed by atoms with Gasteiger partial charge in [-0.2, -0.15) is 5.26 Å². The Morgan fingerprint density at radius 2 is 2.14 bits per heavy atom. The van der Waals surface area contributed by atoms with Crippen molar-refractivity contribution in [3.63, 3.8) is 0 Å². The zero-order valence-electron chi connectivity index (χ0n) is 7.72. The normalized spacial score (nSPS) is 12.1. The van der Waals surface area contributed by atoms with E-state index in [-0.39, 0.29) is 6.04 Å². The second kappa shape index (κ2) is 5.50. The molecular formula is C10H10Br2N2. The van der Waals surface area contributed by atoms with E-state index >= 15 is 0 Å². The Labute approximate surface area is 101 Å². The summed E-state index contributed by atoms with van der Waals surface area (Å²) in [6.07, 6.45) is 0. The van der Waals surface area contributed by atoms with Gasteiger partial charge < -0.3 is 0 Å².